The summed E-state index contributed by atoms with van der Waals surface area (Å²) in [5, 5.41) is 4.48. The molecule has 1 unspecified atom stereocenters. The highest BCUT2D eigenvalue weighted by Gasteiger charge is 2.22. The number of hydrogen-bond donors (Lipinski definition) is 1. The van der Waals surface area contributed by atoms with Crippen molar-refractivity contribution < 1.29 is 9.53 Å². The largest absolute Gasteiger partial charge is 0.468 e. The van der Waals surface area contributed by atoms with Gasteiger partial charge in [-0.3, -0.25) is 10.1 Å². The topological polar surface area (TPSA) is 56.1 Å². The molecule has 0 bridgehead atoms. The molecule has 32 heavy (non-hydrogen) atoms. The highest BCUT2D eigenvalue weighted by molar-refractivity contribution is 6.31. The molecule has 2 aromatic carbocycles. The third kappa shape index (κ3) is 6.35. The molecule has 7 heteroatoms. The van der Waals surface area contributed by atoms with Gasteiger partial charge in [0, 0.05) is 18.0 Å². The molecule has 0 fully saturated rings. The van der Waals surface area contributed by atoms with Gasteiger partial charge in [0.1, 0.15) is 11.9 Å². The van der Waals surface area contributed by atoms with E-state index >= 15 is 0 Å². The zero-order chi connectivity index (χ0) is 22.9. The van der Waals surface area contributed by atoms with E-state index in [9.17, 15) is 4.79 Å². The van der Waals surface area contributed by atoms with Crippen LogP contribution in [0, 0.1) is 0 Å². The van der Waals surface area contributed by atoms with Crippen LogP contribution in [0.3, 0.4) is 0 Å². The Morgan fingerprint density at radius 1 is 1.12 bits per heavy atom. The molecule has 0 spiro atoms. The quantitative estimate of drug-likeness (QED) is 0.376. The maximum Gasteiger partial charge on any atom is 0.323 e. The second kappa shape index (κ2) is 12.0. The first-order valence-corrected chi connectivity index (χ1v) is 11.6. The minimum atomic E-state index is -0.499. The van der Waals surface area contributed by atoms with Gasteiger partial charge < -0.3 is 9.30 Å². The highest BCUT2D eigenvalue weighted by Crippen LogP contribution is 2.24. The number of carbonyl (C=O) groups excluding carboxylic acids is 1. The predicted molar refractivity (Wildman–Crippen MR) is 129 cm³/mol. The van der Waals surface area contributed by atoms with Crippen LogP contribution in [0.2, 0.25) is 10.2 Å². The minimum Gasteiger partial charge on any atom is -0.468 e. The first-order valence-electron chi connectivity index (χ1n) is 10.9. The molecule has 3 aromatic rings. The molecule has 170 valence electrons. The van der Waals surface area contributed by atoms with Gasteiger partial charge in [0.2, 0.25) is 0 Å². The second-order valence-corrected chi connectivity index (χ2v) is 8.46. The molecule has 0 radical (unpaired) electrons. The van der Waals surface area contributed by atoms with E-state index in [1.165, 1.54) is 7.11 Å². The normalized spacial score (nSPS) is 12.0. The number of nitrogens with zero attached hydrogens (tertiary/aromatic N) is 2. The first-order chi connectivity index (χ1) is 15.5. The number of hydrogen-bond acceptors (Lipinski definition) is 4. The summed E-state index contributed by atoms with van der Waals surface area (Å²) >= 11 is 13.0. The molecule has 1 N–H and O–H groups in total. The summed E-state index contributed by atoms with van der Waals surface area (Å²) in [4.78, 5) is 17.1. The molecule has 0 saturated carbocycles. The van der Waals surface area contributed by atoms with Crippen LogP contribution in [-0.2, 0) is 35.5 Å². The molecule has 3 rings (SSSR count). The number of rotatable bonds is 11. The molecular weight excluding hydrogens is 445 g/mol. The number of halogens is 2. The van der Waals surface area contributed by atoms with Gasteiger partial charge in [0.25, 0.3) is 0 Å². The Bertz CT molecular complexity index is 1020. The van der Waals surface area contributed by atoms with Gasteiger partial charge in [-0.2, -0.15) is 0 Å². The van der Waals surface area contributed by atoms with Gasteiger partial charge in [0.05, 0.1) is 19.3 Å². The smallest absolute Gasteiger partial charge is 0.323 e. The summed E-state index contributed by atoms with van der Waals surface area (Å²) < 4.78 is 7.14. The summed E-state index contributed by atoms with van der Waals surface area (Å²) in [5.41, 5.74) is 2.88. The van der Waals surface area contributed by atoms with Crippen molar-refractivity contribution in [3.8, 4) is 0 Å². The summed E-state index contributed by atoms with van der Waals surface area (Å²) in [6.45, 7) is 3.10. The average Bonchev–Trinajstić information content (AvgIpc) is 3.10. The zero-order valence-electron chi connectivity index (χ0n) is 18.5. The van der Waals surface area contributed by atoms with Crippen molar-refractivity contribution in [2.24, 2.45) is 0 Å². The third-order valence-corrected chi connectivity index (χ3v) is 6.10. The van der Waals surface area contributed by atoms with E-state index in [0.717, 1.165) is 41.9 Å². The molecule has 1 aromatic heterocycles. The number of aromatic nitrogens is 2. The van der Waals surface area contributed by atoms with Crippen molar-refractivity contribution in [1.82, 2.24) is 14.9 Å². The van der Waals surface area contributed by atoms with Crippen LogP contribution in [-0.4, -0.2) is 28.7 Å². The van der Waals surface area contributed by atoms with Gasteiger partial charge in [0.15, 0.2) is 5.15 Å². The summed E-state index contributed by atoms with van der Waals surface area (Å²) in [6.07, 6.45) is 3.42. The van der Waals surface area contributed by atoms with E-state index in [4.69, 9.17) is 27.9 Å². The SMILES string of the molecule is CCCCc1nc(Cl)c(CNC(Cc2ccccc2)C(=O)OC)n1Cc1ccccc1Cl. The van der Waals surface area contributed by atoms with Crippen LogP contribution in [0.5, 0.6) is 0 Å². The van der Waals surface area contributed by atoms with Crippen molar-refractivity contribution in [2.75, 3.05) is 7.11 Å². The van der Waals surface area contributed by atoms with Crippen molar-refractivity contribution in [3.05, 3.63) is 87.4 Å². The number of carbonyl (C=O) groups is 1. The van der Waals surface area contributed by atoms with Crippen LogP contribution < -0.4 is 5.32 Å². The van der Waals surface area contributed by atoms with Crippen LogP contribution in [0.15, 0.2) is 54.6 Å². The Morgan fingerprint density at radius 2 is 1.84 bits per heavy atom. The summed E-state index contributed by atoms with van der Waals surface area (Å²) in [5.74, 6) is 0.611. The molecule has 0 aliphatic carbocycles. The van der Waals surface area contributed by atoms with E-state index < -0.39 is 6.04 Å². The van der Waals surface area contributed by atoms with Gasteiger partial charge in [-0.15, -0.1) is 0 Å². The summed E-state index contributed by atoms with van der Waals surface area (Å²) in [6, 6.07) is 17.1. The average molecular weight is 474 g/mol. The Kier molecular flexibility index (Phi) is 9.15. The lowest BCUT2D eigenvalue weighted by Gasteiger charge is -2.18. The summed E-state index contributed by atoms with van der Waals surface area (Å²) in [7, 11) is 1.40. The monoisotopic (exact) mass is 473 g/mol. The predicted octanol–water partition coefficient (Wildman–Crippen LogP) is 5.45. The number of esters is 1. The van der Waals surface area contributed by atoms with Crippen molar-refractivity contribution in [2.45, 2.75) is 51.7 Å². The van der Waals surface area contributed by atoms with E-state index in [2.05, 4.69) is 21.8 Å². The lowest BCUT2D eigenvalue weighted by molar-refractivity contribution is -0.143. The zero-order valence-corrected chi connectivity index (χ0v) is 20.0. The van der Waals surface area contributed by atoms with Crippen LogP contribution in [0.4, 0.5) is 0 Å². The number of ether oxygens (including phenoxy) is 1. The number of nitrogens with one attached hydrogen (secondary N) is 1. The lowest BCUT2D eigenvalue weighted by Crippen LogP contribution is -2.39. The van der Waals surface area contributed by atoms with Crippen LogP contribution in [0.1, 0.15) is 42.4 Å². The minimum absolute atomic E-state index is 0.312. The van der Waals surface area contributed by atoms with E-state index in [-0.39, 0.29) is 5.97 Å². The molecular formula is C25H29Cl2N3O2. The van der Waals surface area contributed by atoms with E-state index in [1.54, 1.807) is 0 Å². The molecule has 0 aliphatic heterocycles. The van der Waals surface area contributed by atoms with Gasteiger partial charge in [-0.25, -0.2) is 4.98 Å². The Balaban J connectivity index is 1.85. The standard InChI is InChI=1S/C25H29Cl2N3O2/c1-3-4-14-23-29-24(27)22(30(23)17-19-12-8-9-13-20(19)26)16-28-21(25(31)32-2)15-18-10-6-5-7-11-18/h5-13,21,28H,3-4,14-17H2,1-2H3. The lowest BCUT2D eigenvalue weighted by atomic mass is 10.1. The number of unbranched alkanes of at least 4 members (excludes halogenated alkanes) is 1. The Hall–Kier alpha value is -2.34. The molecule has 1 atom stereocenters. The molecule has 0 aliphatic rings. The van der Waals surface area contributed by atoms with E-state index in [1.807, 2.05) is 54.6 Å². The number of methoxy groups -OCH3 is 1. The fourth-order valence-corrected chi connectivity index (χ4v) is 4.10. The fraction of sp³-hybridized carbons (Fsp3) is 0.360. The second-order valence-electron chi connectivity index (χ2n) is 7.69. The van der Waals surface area contributed by atoms with Crippen LogP contribution in [0.25, 0.3) is 0 Å². The third-order valence-electron chi connectivity index (χ3n) is 5.43. The Morgan fingerprint density at radius 3 is 2.53 bits per heavy atom. The molecule has 0 amide bonds. The van der Waals surface area contributed by atoms with Gasteiger partial charge in [-0.1, -0.05) is 85.1 Å². The highest BCUT2D eigenvalue weighted by atomic mass is 35.5. The molecule has 5 nitrogen and oxygen atoms in total. The number of aryl methyl sites for hydroxylation is 1. The van der Waals surface area contributed by atoms with Gasteiger partial charge >= 0.3 is 5.97 Å². The maximum absolute atomic E-state index is 12.4. The van der Waals surface area contributed by atoms with Crippen molar-refractivity contribution >= 4 is 29.2 Å². The van der Waals surface area contributed by atoms with E-state index in [0.29, 0.717) is 29.7 Å². The number of benzene rings is 2. The van der Waals surface area contributed by atoms with Crippen molar-refractivity contribution in [3.63, 3.8) is 0 Å². The molecule has 0 saturated heterocycles. The Labute approximate surface area is 199 Å². The number of imidazole rings is 1. The first kappa shape index (κ1) is 24.3. The fourth-order valence-electron chi connectivity index (χ4n) is 3.63. The van der Waals surface area contributed by atoms with Crippen molar-refractivity contribution in [1.29, 1.82) is 0 Å². The maximum atomic E-state index is 12.4. The van der Waals surface area contributed by atoms with Gasteiger partial charge in [-0.05, 0) is 30.0 Å². The van der Waals surface area contributed by atoms with Crippen LogP contribution >= 0.6 is 23.2 Å². The molecule has 1 heterocycles.